The van der Waals surface area contributed by atoms with Crippen molar-refractivity contribution in [3.63, 3.8) is 0 Å². The molecule has 0 aliphatic heterocycles. The van der Waals surface area contributed by atoms with Crippen molar-refractivity contribution in [2.45, 2.75) is 33.7 Å². The highest BCUT2D eigenvalue weighted by molar-refractivity contribution is 5.79. The Hall–Kier alpha value is -1.58. The summed E-state index contributed by atoms with van der Waals surface area (Å²) in [6.07, 6.45) is 0. The molecule has 2 N–H and O–H groups in total. The number of nitrogen functional groups attached to an aromatic ring is 1. The first-order chi connectivity index (χ1) is 8.28. The molecular weight excluding hydrogens is 229 g/mol. The van der Waals surface area contributed by atoms with E-state index in [1.54, 1.807) is 6.07 Å². The molecule has 0 saturated heterocycles. The normalized spacial score (nSPS) is 21.4. The molecule has 1 aliphatic rings. The number of nitrogens with two attached hydrogens (primary N) is 1. The molecule has 0 unspecified atom stereocenters. The predicted molar refractivity (Wildman–Crippen MR) is 70.7 cm³/mol. The predicted octanol–water partition coefficient (Wildman–Crippen LogP) is 3.36. The Morgan fingerprint density at radius 2 is 1.83 bits per heavy atom. The molecule has 3 nitrogen and oxygen atoms in total. The Bertz CT molecular complexity index is 626. The van der Waals surface area contributed by atoms with E-state index in [-0.39, 0.29) is 22.7 Å². The molecule has 1 aromatic carbocycles. The summed E-state index contributed by atoms with van der Waals surface area (Å²) in [6.45, 7) is 8.84. The van der Waals surface area contributed by atoms with Gasteiger partial charge < -0.3 is 10.3 Å². The maximum atomic E-state index is 13.7. The van der Waals surface area contributed by atoms with Crippen LogP contribution in [0.15, 0.2) is 18.2 Å². The Balaban J connectivity index is 2.26. The molecular formula is C14H18FN3. The maximum absolute atomic E-state index is 13.7. The van der Waals surface area contributed by atoms with Crippen LogP contribution in [0.4, 0.5) is 10.3 Å². The van der Waals surface area contributed by atoms with E-state index in [2.05, 4.69) is 32.7 Å². The third-order valence-corrected chi connectivity index (χ3v) is 4.90. The van der Waals surface area contributed by atoms with Gasteiger partial charge in [0.05, 0.1) is 5.52 Å². The molecule has 0 bridgehead atoms. The number of hydrogen-bond donors (Lipinski definition) is 1. The molecule has 2 aromatic rings. The Morgan fingerprint density at radius 3 is 2.39 bits per heavy atom. The number of anilines is 1. The van der Waals surface area contributed by atoms with Gasteiger partial charge >= 0.3 is 0 Å². The highest BCUT2D eigenvalue weighted by atomic mass is 19.1. The average Bonchev–Trinajstić information content (AvgIpc) is 2.55. The topological polar surface area (TPSA) is 43.8 Å². The zero-order chi connectivity index (χ0) is 13.3. The van der Waals surface area contributed by atoms with Gasteiger partial charge in [-0.3, -0.25) is 0 Å². The summed E-state index contributed by atoms with van der Waals surface area (Å²) < 4.78 is 15.7. The van der Waals surface area contributed by atoms with Crippen LogP contribution in [-0.2, 0) is 0 Å². The van der Waals surface area contributed by atoms with E-state index in [0.29, 0.717) is 11.5 Å². The summed E-state index contributed by atoms with van der Waals surface area (Å²) in [7, 11) is 0. The van der Waals surface area contributed by atoms with Crippen molar-refractivity contribution < 1.29 is 4.39 Å². The molecule has 0 radical (unpaired) electrons. The molecule has 0 amide bonds. The second kappa shape index (κ2) is 3.05. The average molecular weight is 247 g/mol. The number of imidazole rings is 1. The third-order valence-electron chi connectivity index (χ3n) is 4.90. The number of aromatic nitrogens is 2. The van der Waals surface area contributed by atoms with Crippen LogP contribution in [0.5, 0.6) is 0 Å². The maximum Gasteiger partial charge on any atom is 0.201 e. The zero-order valence-corrected chi connectivity index (χ0v) is 11.2. The number of hydrogen-bond acceptors (Lipinski definition) is 2. The molecule has 1 aliphatic carbocycles. The van der Waals surface area contributed by atoms with Gasteiger partial charge in [0.25, 0.3) is 0 Å². The minimum Gasteiger partial charge on any atom is -0.369 e. The van der Waals surface area contributed by atoms with Gasteiger partial charge in [-0.2, -0.15) is 0 Å². The van der Waals surface area contributed by atoms with E-state index in [0.717, 1.165) is 5.52 Å². The molecule has 0 atom stereocenters. The van der Waals surface area contributed by atoms with Gasteiger partial charge in [-0.05, 0) is 23.0 Å². The molecule has 1 heterocycles. The number of para-hydroxylation sites is 1. The van der Waals surface area contributed by atoms with Gasteiger partial charge in [-0.1, -0.05) is 33.8 Å². The molecule has 1 saturated carbocycles. The van der Waals surface area contributed by atoms with Crippen molar-refractivity contribution in [1.82, 2.24) is 9.55 Å². The number of halogens is 1. The smallest absolute Gasteiger partial charge is 0.201 e. The van der Waals surface area contributed by atoms with E-state index in [1.165, 1.54) is 6.07 Å². The summed E-state index contributed by atoms with van der Waals surface area (Å²) >= 11 is 0. The summed E-state index contributed by atoms with van der Waals surface area (Å²) in [4.78, 5) is 4.17. The van der Waals surface area contributed by atoms with E-state index in [4.69, 9.17) is 5.73 Å². The molecule has 4 heteroatoms. The van der Waals surface area contributed by atoms with Gasteiger partial charge in [-0.25, -0.2) is 9.37 Å². The van der Waals surface area contributed by atoms with Crippen LogP contribution in [0.25, 0.3) is 11.0 Å². The first kappa shape index (κ1) is 11.5. The van der Waals surface area contributed by atoms with Crippen molar-refractivity contribution in [3.05, 3.63) is 24.0 Å². The van der Waals surface area contributed by atoms with Crippen molar-refractivity contribution >= 4 is 17.0 Å². The monoisotopic (exact) mass is 247 g/mol. The van der Waals surface area contributed by atoms with Crippen LogP contribution in [0.1, 0.15) is 33.7 Å². The lowest BCUT2D eigenvalue weighted by atomic mass is 10.0. The highest BCUT2D eigenvalue weighted by Gasteiger charge is 2.66. The lowest BCUT2D eigenvalue weighted by Gasteiger charge is -2.08. The number of fused-ring (bicyclic) bond motifs is 1. The third kappa shape index (κ3) is 1.15. The Kier molecular flexibility index (Phi) is 1.95. The zero-order valence-electron chi connectivity index (χ0n) is 11.2. The van der Waals surface area contributed by atoms with Crippen LogP contribution in [0.2, 0.25) is 0 Å². The lowest BCUT2D eigenvalue weighted by Crippen LogP contribution is -2.05. The Labute approximate surface area is 106 Å². The van der Waals surface area contributed by atoms with Crippen LogP contribution in [0, 0.1) is 16.6 Å². The molecule has 3 rings (SSSR count). The van der Waals surface area contributed by atoms with Crippen LogP contribution < -0.4 is 5.73 Å². The van der Waals surface area contributed by atoms with E-state index in [9.17, 15) is 4.39 Å². The fraction of sp³-hybridized carbons (Fsp3) is 0.500. The number of nitrogens with zero attached hydrogens (tertiary/aromatic N) is 2. The van der Waals surface area contributed by atoms with Crippen LogP contribution >= 0.6 is 0 Å². The van der Waals surface area contributed by atoms with Gasteiger partial charge in [-0.15, -0.1) is 0 Å². The molecule has 1 fully saturated rings. The molecule has 96 valence electrons. The summed E-state index contributed by atoms with van der Waals surface area (Å²) in [5.74, 6) is 0.0907. The lowest BCUT2D eigenvalue weighted by molar-refractivity contribution is 0.457. The number of benzene rings is 1. The van der Waals surface area contributed by atoms with Gasteiger partial charge in [0.15, 0.2) is 5.82 Å². The molecule has 1 aromatic heterocycles. The number of rotatable bonds is 1. The Morgan fingerprint density at radius 1 is 1.22 bits per heavy atom. The van der Waals surface area contributed by atoms with Gasteiger partial charge in [0, 0.05) is 6.04 Å². The van der Waals surface area contributed by atoms with E-state index >= 15 is 0 Å². The minimum absolute atomic E-state index is 0.140. The van der Waals surface area contributed by atoms with Crippen molar-refractivity contribution in [2.75, 3.05) is 5.73 Å². The van der Waals surface area contributed by atoms with Crippen molar-refractivity contribution in [1.29, 1.82) is 0 Å². The standard InChI is InChI=1S/C14H18FN3/c1-13(2)11(14(13,3)4)18-9-7-5-6-8(15)10(9)17-12(18)16/h5-7,11H,1-4H3,(H2,16,17). The van der Waals surface area contributed by atoms with Crippen LogP contribution in [-0.4, -0.2) is 9.55 Å². The molecule has 18 heavy (non-hydrogen) atoms. The quantitative estimate of drug-likeness (QED) is 0.839. The fourth-order valence-corrected chi connectivity index (χ4v) is 3.18. The SMILES string of the molecule is CC1(C)C(n2c(N)nc3c(F)cccc32)C1(C)C. The summed E-state index contributed by atoms with van der Waals surface area (Å²) in [6, 6.07) is 5.27. The van der Waals surface area contributed by atoms with Gasteiger partial charge in [0.1, 0.15) is 5.52 Å². The first-order valence-electron chi connectivity index (χ1n) is 6.20. The van der Waals surface area contributed by atoms with Crippen molar-refractivity contribution in [2.24, 2.45) is 10.8 Å². The van der Waals surface area contributed by atoms with Gasteiger partial charge in [0.2, 0.25) is 5.95 Å². The van der Waals surface area contributed by atoms with Crippen molar-refractivity contribution in [3.8, 4) is 0 Å². The van der Waals surface area contributed by atoms with E-state index in [1.807, 2.05) is 10.6 Å². The van der Waals surface area contributed by atoms with E-state index < -0.39 is 0 Å². The van der Waals surface area contributed by atoms with Crippen LogP contribution in [0.3, 0.4) is 0 Å². The molecule has 0 spiro atoms. The second-order valence-electron chi connectivity index (χ2n) is 6.29. The highest BCUT2D eigenvalue weighted by Crippen LogP contribution is 2.72. The minimum atomic E-state index is -0.311. The second-order valence-corrected chi connectivity index (χ2v) is 6.29. The largest absolute Gasteiger partial charge is 0.369 e. The first-order valence-corrected chi connectivity index (χ1v) is 6.20. The summed E-state index contributed by atoms with van der Waals surface area (Å²) in [5.41, 5.74) is 7.43. The summed E-state index contributed by atoms with van der Waals surface area (Å²) in [5, 5.41) is 0. The fourth-order valence-electron chi connectivity index (χ4n) is 3.18.